The molecule has 7 nitrogen and oxygen atoms in total. The minimum atomic E-state index is -0.232. The molecule has 164 valence electrons. The van der Waals surface area contributed by atoms with Crippen molar-refractivity contribution in [3.05, 3.63) is 51.4 Å². The first kappa shape index (κ1) is 22.2. The van der Waals surface area contributed by atoms with Crippen LogP contribution in [0.1, 0.15) is 37.3 Å². The van der Waals surface area contributed by atoms with E-state index < -0.39 is 0 Å². The lowest BCUT2D eigenvalue weighted by Gasteiger charge is -2.31. The fourth-order valence-corrected chi connectivity index (χ4v) is 5.12. The third-order valence-electron chi connectivity index (χ3n) is 5.77. The monoisotopic (exact) mass is 459 g/mol. The van der Waals surface area contributed by atoms with Crippen LogP contribution in [0.4, 0.5) is 5.69 Å². The molecule has 0 aliphatic carbocycles. The zero-order valence-corrected chi connectivity index (χ0v) is 18.9. The van der Waals surface area contributed by atoms with E-state index in [9.17, 15) is 4.79 Å². The fourth-order valence-electron chi connectivity index (χ4n) is 3.97. The highest BCUT2D eigenvalue weighted by Gasteiger charge is 2.24. The van der Waals surface area contributed by atoms with Gasteiger partial charge in [0, 0.05) is 31.1 Å². The summed E-state index contributed by atoms with van der Waals surface area (Å²) in [6.45, 7) is 4.01. The van der Waals surface area contributed by atoms with Gasteiger partial charge < -0.3 is 10.1 Å². The van der Waals surface area contributed by atoms with Gasteiger partial charge in [0.25, 0.3) is 5.56 Å². The van der Waals surface area contributed by atoms with Gasteiger partial charge in [-0.1, -0.05) is 11.6 Å². The minimum absolute atomic E-state index is 0.0450. The number of benzene rings is 1. The number of aromatic nitrogens is 2. The van der Waals surface area contributed by atoms with Crippen molar-refractivity contribution >= 4 is 29.2 Å². The second kappa shape index (κ2) is 10.5. The first-order valence-electron chi connectivity index (χ1n) is 10.7. The van der Waals surface area contributed by atoms with Gasteiger partial charge in [-0.15, -0.1) is 0 Å². The van der Waals surface area contributed by atoms with Gasteiger partial charge in [-0.25, -0.2) is 8.99 Å². The molecular weight excluding hydrogens is 434 g/mol. The summed E-state index contributed by atoms with van der Waals surface area (Å²) < 4.78 is 9.33. The van der Waals surface area contributed by atoms with E-state index in [1.54, 1.807) is 22.8 Å². The highest BCUT2D eigenvalue weighted by molar-refractivity contribution is 7.97. The summed E-state index contributed by atoms with van der Waals surface area (Å²) in [5.41, 5.74) is 1.03. The quantitative estimate of drug-likeness (QED) is 0.654. The number of nitrogens with one attached hydrogen (secondary N) is 1. The molecule has 0 saturated carbocycles. The van der Waals surface area contributed by atoms with Crippen LogP contribution < -0.4 is 10.9 Å². The van der Waals surface area contributed by atoms with Crippen LogP contribution in [0, 0.1) is 17.2 Å². The van der Waals surface area contributed by atoms with E-state index in [4.69, 9.17) is 21.6 Å². The van der Waals surface area contributed by atoms with Crippen molar-refractivity contribution in [2.45, 2.75) is 36.6 Å². The van der Waals surface area contributed by atoms with Crippen LogP contribution in [0.2, 0.25) is 5.02 Å². The van der Waals surface area contributed by atoms with Gasteiger partial charge in [-0.2, -0.15) is 10.4 Å². The summed E-state index contributed by atoms with van der Waals surface area (Å²) in [7, 11) is 0. The van der Waals surface area contributed by atoms with Crippen molar-refractivity contribution < 1.29 is 4.74 Å². The number of ether oxygens (including phenoxy) is 1. The Morgan fingerprint density at radius 2 is 2.03 bits per heavy atom. The van der Waals surface area contributed by atoms with E-state index >= 15 is 0 Å². The Hall–Kier alpha value is -2.05. The predicted octanol–water partition coefficient (Wildman–Crippen LogP) is 3.95. The Morgan fingerprint density at radius 1 is 1.26 bits per heavy atom. The molecular formula is C22H26ClN5O2S. The average molecular weight is 460 g/mol. The molecule has 1 N–H and O–H groups in total. The number of rotatable bonds is 6. The van der Waals surface area contributed by atoms with Gasteiger partial charge in [0.05, 0.1) is 36.2 Å². The third-order valence-corrected chi connectivity index (χ3v) is 7.24. The molecule has 0 bridgehead atoms. The lowest BCUT2D eigenvalue weighted by Crippen LogP contribution is -2.36. The molecule has 2 aromatic rings. The number of anilines is 1. The molecule has 2 aliphatic rings. The average Bonchev–Trinajstić information content (AvgIpc) is 2.82. The van der Waals surface area contributed by atoms with E-state index in [2.05, 4.69) is 20.8 Å². The van der Waals surface area contributed by atoms with Crippen molar-refractivity contribution in [1.29, 1.82) is 5.26 Å². The number of halogens is 1. The van der Waals surface area contributed by atoms with Crippen molar-refractivity contribution in [1.82, 2.24) is 14.1 Å². The molecule has 3 heterocycles. The molecule has 0 amide bonds. The topological polar surface area (TPSA) is 83.2 Å². The van der Waals surface area contributed by atoms with Crippen LogP contribution in [0.25, 0.3) is 0 Å². The molecule has 0 spiro atoms. The van der Waals surface area contributed by atoms with Crippen LogP contribution in [-0.4, -0.2) is 46.9 Å². The molecule has 1 unspecified atom stereocenters. The van der Waals surface area contributed by atoms with Gasteiger partial charge in [-0.05, 0) is 67.8 Å². The van der Waals surface area contributed by atoms with Crippen molar-refractivity contribution in [3.63, 3.8) is 0 Å². The maximum Gasteiger partial charge on any atom is 0.287 e. The minimum Gasteiger partial charge on any atom is -0.382 e. The van der Waals surface area contributed by atoms with Gasteiger partial charge in [0.2, 0.25) is 0 Å². The first-order valence-corrected chi connectivity index (χ1v) is 11.8. The van der Waals surface area contributed by atoms with Crippen LogP contribution in [-0.2, 0) is 4.74 Å². The van der Waals surface area contributed by atoms with E-state index in [1.807, 2.05) is 24.3 Å². The number of piperidine rings is 1. The number of nitriles is 1. The molecule has 4 rings (SSSR count). The molecule has 31 heavy (non-hydrogen) atoms. The molecule has 2 saturated heterocycles. The normalized spacial score (nSPS) is 20.3. The van der Waals surface area contributed by atoms with Crippen molar-refractivity contribution in [2.24, 2.45) is 5.92 Å². The Kier molecular flexibility index (Phi) is 7.51. The van der Waals surface area contributed by atoms with Crippen LogP contribution in [0.3, 0.4) is 0 Å². The lowest BCUT2D eigenvalue weighted by atomic mass is 10.0. The van der Waals surface area contributed by atoms with E-state index in [-0.39, 0.29) is 16.6 Å². The van der Waals surface area contributed by atoms with Crippen LogP contribution in [0.15, 0.2) is 40.2 Å². The number of hydrogen-bond acceptors (Lipinski definition) is 7. The largest absolute Gasteiger partial charge is 0.382 e. The maximum absolute atomic E-state index is 12.8. The standard InChI is InChI=1S/C22H26ClN5O2S/c23-21-20(25-13-17-2-1-11-30-15-17)14-26-28(22(21)29)18-7-9-27(10-8-18)31-19-5-3-16(12-24)4-6-19/h3-6,14,17-18,25H,1-2,7-11,13,15H2. The van der Waals surface area contributed by atoms with Crippen LogP contribution >= 0.6 is 23.5 Å². The molecule has 1 atom stereocenters. The SMILES string of the molecule is N#Cc1ccc(SN2CCC(n3ncc(NCC4CCCOC4)c(Cl)c3=O)CC2)cc1. The Balaban J connectivity index is 1.33. The van der Waals surface area contributed by atoms with Gasteiger partial charge in [0.15, 0.2) is 0 Å². The van der Waals surface area contributed by atoms with E-state index in [0.717, 1.165) is 63.4 Å². The summed E-state index contributed by atoms with van der Waals surface area (Å²) in [6, 6.07) is 9.77. The Bertz CT molecular complexity index is 977. The molecule has 2 fully saturated rings. The van der Waals surface area contributed by atoms with Crippen LogP contribution in [0.5, 0.6) is 0 Å². The molecule has 2 aliphatic heterocycles. The van der Waals surface area contributed by atoms with Gasteiger partial charge in [-0.3, -0.25) is 4.79 Å². The van der Waals surface area contributed by atoms with Crippen molar-refractivity contribution in [2.75, 3.05) is 38.2 Å². The fraction of sp³-hybridized carbons (Fsp3) is 0.500. The van der Waals surface area contributed by atoms with E-state index in [1.165, 1.54) is 0 Å². The smallest absolute Gasteiger partial charge is 0.287 e. The second-order valence-corrected chi connectivity index (χ2v) is 9.52. The Morgan fingerprint density at radius 3 is 2.71 bits per heavy atom. The second-order valence-electron chi connectivity index (χ2n) is 7.97. The highest BCUT2D eigenvalue weighted by atomic mass is 35.5. The molecule has 1 aromatic heterocycles. The summed E-state index contributed by atoms with van der Waals surface area (Å²) in [5.74, 6) is 0.435. The molecule has 0 radical (unpaired) electrons. The van der Waals surface area contributed by atoms with E-state index in [0.29, 0.717) is 17.2 Å². The highest BCUT2D eigenvalue weighted by Crippen LogP contribution is 2.30. The predicted molar refractivity (Wildman–Crippen MR) is 122 cm³/mol. The summed E-state index contributed by atoms with van der Waals surface area (Å²) in [6.07, 6.45) is 5.53. The summed E-state index contributed by atoms with van der Waals surface area (Å²) >= 11 is 8.07. The maximum atomic E-state index is 12.8. The van der Waals surface area contributed by atoms with Crippen molar-refractivity contribution in [3.8, 4) is 6.07 Å². The molecule has 1 aromatic carbocycles. The lowest BCUT2D eigenvalue weighted by molar-refractivity contribution is 0.0595. The van der Waals surface area contributed by atoms with Gasteiger partial charge in [0.1, 0.15) is 5.02 Å². The Labute approximate surface area is 191 Å². The zero-order chi connectivity index (χ0) is 21.6. The molecule has 9 heteroatoms. The van der Waals surface area contributed by atoms with Gasteiger partial charge >= 0.3 is 0 Å². The number of hydrogen-bond donors (Lipinski definition) is 1. The zero-order valence-electron chi connectivity index (χ0n) is 17.3. The number of nitrogens with zero attached hydrogens (tertiary/aromatic N) is 4. The third kappa shape index (κ3) is 5.60. The summed E-state index contributed by atoms with van der Waals surface area (Å²) in [4.78, 5) is 13.9. The first-order chi connectivity index (χ1) is 15.1. The summed E-state index contributed by atoms with van der Waals surface area (Å²) in [5, 5.41) is 16.8.